The average molecular weight is 256 g/mol. The van der Waals surface area contributed by atoms with Gasteiger partial charge in [0.25, 0.3) is 0 Å². The van der Waals surface area contributed by atoms with Gasteiger partial charge in [-0.05, 0) is 42.5 Å². The molecule has 1 aromatic carbocycles. The lowest BCUT2D eigenvalue weighted by molar-refractivity contribution is 0.0697. The van der Waals surface area contributed by atoms with E-state index in [0.29, 0.717) is 11.6 Å². The van der Waals surface area contributed by atoms with Crippen molar-refractivity contribution in [1.29, 1.82) is 0 Å². The third-order valence-electron chi connectivity index (χ3n) is 3.71. The van der Waals surface area contributed by atoms with E-state index in [1.807, 2.05) is 12.1 Å². The van der Waals surface area contributed by atoms with Gasteiger partial charge in [0.2, 0.25) is 0 Å². The Kier molecular flexibility index (Phi) is 3.07. The van der Waals surface area contributed by atoms with Gasteiger partial charge in [-0.15, -0.1) is 0 Å². The number of anilines is 1. The molecule has 4 nitrogen and oxygen atoms in total. The second kappa shape index (κ2) is 4.88. The first-order chi connectivity index (χ1) is 9.24. The molecule has 1 fully saturated rings. The Morgan fingerprint density at radius 3 is 2.79 bits per heavy atom. The van der Waals surface area contributed by atoms with E-state index in [-0.39, 0.29) is 0 Å². The van der Waals surface area contributed by atoms with Gasteiger partial charge < -0.3 is 10.4 Å². The summed E-state index contributed by atoms with van der Waals surface area (Å²) >= 11 is 0. The highest BCUT2D eigenvalue weighted by Crippen LogP contribution is 2.26. The summed E-state index contributed by atoms with van der Waals surface area (Å²) in [5, 5.41) is 14.4. The predicted octanol–water partition coefficient (Wildman–Crippen LogP) is 3.29. The molecule has 0 spiro atoms. The second-order valence-corrected chi connectivity index (χ2v) is 5.03. The van der Waals surface area contributed by atoms with Gasteiger partial charge in [-0.3, -0.25) is 0 Å². The largest absolute Gasteiger partial charge is 0.478 e. The first kappa shape index (κ1) is 12.0. The fourth-order valence-electron chi connectivity index (χ4n) is 2.69. The summed E-state index contributed by atoms with van der Waals surface area (Å²) in [6.07, 6.45) is 6.64. The van der Waals surface area contributed by atoms with E-state index < -0.39 is 5.97 Å². The molecule has 1 aliphatic carbocycles. The molecule has 1 aliphatic rings. The second-order valence-electron chi connectivity index (χ2n) is 5.03. The average Bonchev–Trinajstić information content (AvgIpc) is 2.91. The van der Waals surface area contributed by atoms with Gasteiger partial charge in [-0.1, -0.05) is 12.8 Å². The number of pyridine rings is 1. The summed E-state index contributed by atoms with van der Waals surface area (Å²) in [4.78, 5) is 15.4. The molecule has 1 saturated carbocycles. The van der Waals surface area contributed by atoms with E-state index in [9.17, 15) is 4.79 Å². The van der Waals surface area contributed by atoms with E-state index in [4.69, 9.17) is 5.11 Å². The fourth-order valence-corrected chi connectivity index (χ4v) is 2.69. The summed E-state index contributed by atoms with van der Waals surface area (Å²) in [7, 11) is 0. The van der Waals surface area contributed by atoms with Crippen LogP contribution in [0.5, 0.6) is 0 Å². The van der Waals surface area contributed by atoms with Crippen LogP contribution in [0.3, 0.4) is 0 Å². The molecule has 0 aliphatic heterocycles. The molecule has 1 heterocycles. The predicted molar refractivity (Wildman–Crippen MR) is 74.6 cm³/mol. The van der Waals surface area contributed by atoms with Gasteiger partial charge in [0.15, 0.2) is 0 Å². The van der Waals surface area contributed by atoms with Crippen LogP contribution in [0.15, 0.2) is 30.5 Å². The number of rotatable bonds is 3. The van der Waals surface area contributed by atoms with Crippen LogP contribution in [-0.4, -0.2) is 22.1 Å². The highest BCUT2D eigenvalue weighted by Gasteiger charge is 2.16. The number of hydrogen-bond acceptors (Lipinski definition) is 3. The summed E-state index contributed by atoms with van der Waals surface area (Å²) in [5.41, 5.74) is 0.311. The number of hydrogen-bond donors (Lipinski definition) is 2. The normalized spacial score (nSPS) is 15.8. The minimum atomic E-state index is -0.899. The highest BCUT2D eigenvalue weighted by atomic mass is 16.4. The molecule has 2 aromatic rings. The Hall–Kier alpha value is -2.10. The number of nitrogens with one attached hydrogen (secondary N) is 1. The lowest BCUT2D eigenvalue weighted by atomic mass is 10.1. The zero-order chi connectivity index (χ0) is 13.2. The molecule has 0 atom stereocenters. The number of aromatic carboxylic acids is 1. The van der Waals surface area contributed by atoms with Crippen LogP contribution in [0.2, 0.25) is 0 Å². The van der Waals surface area contributed by atoms with Crippen LogP contribution in [0.1, 0.15) is 36.0 Å². The molecule has 1 aromatic heterocycles. The molecule has 98 valence electrons. The molecule has 0 bridgehead atoms. The summed E-state index contributed by atoms with van der Waals surface area (Å²) in [6, 6.07) is 7.51. The molecule has 0 amide bonds. The van der Waals surface area contributed by atoms with Gasteiger partial charge in [0.1, 0.15) is 5.82 Å². The maximum absolute atomic E-state index is 11.0. The van der Waals surface area contributed by atoms with Crippen molar-refractivity contribution in [3.8, 4) is 0 Å². The maximum atomic E-state index is 11.0. The third-order valence-corrected chi connectivity index (χ3v) is 3.71. The number of carboxylic acid groups (broad SMARTS) is 1. The van der Waals surface area contributed by atoms with E-state index in [2.05, 4.69) is 10.3 Å². The zero-order valence-corrected chi connectivity index (χ0v) is 10.6. The first-order valence-corrected chi connectivity index (χ1v) is 6.62. The zero-order valence-electron chi connectivity index (χ0n) is 10.6. The van der Waals surface area contributed by atoms with Gasteiger partial charge in [0, 0.05) is 17.6 Å². The SMILES string of the molecule is O=C(O)c1ccc2c(NC3CCCC3)nccc2c1. The minimum Gasteiger partial charge on any atom is -0.478 e. The molecule has 0 unspecified atom stereocenters. The maximum Gasteiger partial charge on any atom is 0.335 e. The van der Waals surface area contributed by atoms with E-state index >= 15 is 0 Å². The monoisotopic (exact) mass is 256 g/mol. The van der Waals surface area contributed by atoms with E-state index in [0.717, 1.165) is 16.6 Å². The molecule has 0 radical (unpaired) electrons. The van der Waals surface area contributed by atoms with Crippen molar-refractivity contribution in [2.45, 2.75) is 31.7 Å². The number of nitrogens with zero attached hydrogens (tertiary/aromatic N) is 1. The van der Waals surface area contributed by atoms with Crippen molar-refractivity contribution >= 4 is 22.6 Å². The molecular formula is C15H16N2O2. The summed E-state index contributed by atoms with van der Waals surface area (Å²) in [6.45, 7) is 0. The Balaban J connectivity index is 1.98. The highest BCUT2D eigenvalue weighted by molar-refractivity contribution is 5.98. The topological polar surface area (TPSA) is 62.2 Å². The summed E-state index contributed by atoms with van der Waals surface area (Å²) in [5.74, 6) is -0.0367. The number of aromatic nitrogens is 1. The molecular weight excluding hydrogens is 240 g/mol. The van der Waals surface area contributed by atoms with Gasteiger partial charge in [-0.25, -0.2) is 9.78 Å². The van der Waals surface area contributed by atoms with Crippen LogP contribution < -0.4 is 5.32 Å². The van der Waals surface area contributed by atoms with Crippen molar-refractivity contribution in [3.05, 3.63) is 36.0 Å². The first-order valence-electron chi connectivity index (χ1n) is 6.62. The fraction of sp³-hybridized carbons (Fsp3) is 0.333. The lowest BCUT2D eigenvalue weighted by Crippen LogP contribution is -2.15. The van der Waals surface area contributed by atoms with Crippen LogP contribution in [-0.2, 0) is 0 Å². The smallest absolute Gasteiger partial charge is 0.335 e. The Bertz CT molecular complexity index is 619. The minimum absolute atomic E-state index is 0.311. The molecule has 3 rings (SSSR count). The van der Waals surface area contributed by atoms with Crippen LogP contribution in [0, 0.1) is 0 Å². The molecule has 19 heavy (non-hydrogen) atoms. The van der Waals surface area contributed by atoms with Crippen molar-refractivity contribution in [2.75, 3.05) is 5.32 Å². The molecule has 2 N–H and O–H groups in total. The van der Waals surface area contributed by atoms with Crippen molar-refractivity contribution in [2.24, 2.45) is 0 Å². The van der Waals surface area contributed by atoms with Crippen LogP contribution in [0.4, 0.5) is 5.82 Å². The quantitative estimate of drug-likeness (QED) is 0.884. The van der Waals surface area contributed by atoms with Crippen molar-refractivity contribution in [1.82, 2.24) is 4.98 Å². The number of benzene rings is 1. The lowest BCUT2D eigenvalue weighted by Gasteiger charge is -2.14. The van der Waals surface area contributed by atoms with Crippen LogP contribution in [0.25, 0.3) is 10.8 Å². The Labute approximate surface area is 111 Å². The molecule has 4 heteroatoms. The Morgan fingerprint density at radius 2 is 2.05 bits per heavy atom. The van der Waals surface area contributed by atoms with Crippen LogP contribution >= 0.6 is 0 Å². The van der Waals surface area contributed by atoms with Crippen molar-refractivity contribution < 1.29 is 9.90 Å². The third kappa shape index (κ3) is 2.38. The van der Waals surface area contributed by atoms with Gasteiger partial charge >= 0.3 is 5.97 Å². The number of carboxylic acids is 1. The van der Waals surface area contributed by atoms with Gasteiger partial charge in [0.05, 0.1) is 5.56 Å². The molecule has 0 saturated heterocycles. The van der Waals surface area contributed by atoms with E-state index in [1.54, 1.807) is 18.3 Å². The van der Waals surface area contributed by atoms with E-state index in [1.165, 1.54) is 25.7 Å². The standard InChI is InChI=1S/C15H16N2O2/c18-15(19)11-5-6-13-10(9-11)7-8-16-14(13)17-12-3-1-2-4-12/h5-9,12H,1-4H2,(H,16,17)(H,18,19). The van der Waals surface area contributed by atoms with Gasteiger partial charge in [-0.2, -0.15) is 0 Å². The summed E-state index contributed by atoms with van der Waals surface area (Å²) < 4.78 is 0. The number of carbonyl (C=O) groups is 1. The number of fused-ring (bicyclic) bond motifs is 1. The van der Waals surface area contributed by atoms with Crippen molar-refractivity contribution in [3.63, 3.8) is 0 Å². The Morgan fingerprint density at radius 1 is 1.26 bits per heavy atom.